The lowest BCUT2D eigenvalue weighted by atomic mass is 10.0. The Bertz CT molecular complexity index is 1320. The van der Waals surface area contributed by atoms with Crippen LogP contribution in [0.2, 0.25) is 10.0 Å². The second-order valence-corrected chi connectivity index (χ2v) is 9.19. The molecule has 1 saturated carbocycles. The molecule has 0 aromatic heterocycles. The number of carbonyl (C=O) groups excluding carboxylic acids is 3. The van der Waals surface area contributed by atoms with Crippen LogP contribution in [0.25, 0.3) is 11.4 Å². The normalized spacial score (nSPS) is 18.1. The molecular formula is C25H18Cl2N2O6. The van der Waals surface area contributed by atoms with Gasteiger partial charge in [0.25, 0.3) is 11.8 Å². The monoisotopic (exact) mass is 512 g/mol. The molecule has 178 valence electrons. The molecule has 2 heterocycles. The third-order valence-corrected chi connectivity index (χ3v) is 6.69. The van der Waals surface area contributed by atoms with Gasteiger partial charge in [-0.25, -0.2) is 19.4 Å². The van der Waals surface area contributed by atoms with E-state index < -0.39 is 24.0 Å². The van der Waals surface area contributed by atoms with Crippen LogP contribution in [0, 0.1) is 0 Å². The highest BCUT2D eigenvalue weighted by molar-refractivity contribution is 6.36. The van der Waals surface area contributed by atoms with Gasteiger partial charge in [0.15, 0.2) is 0 Å². The maximum atomic E-state index is 13.7. The van der Waals surface area contributed by atoms with Gasteiger partial charge < -0.3 is 9.84 Å². The SMILES string of the molecule is O=C(O)N1C(=O)C2=C(c3ccc(Cl)cc3)N(C(=O)OC3CCCC3)C(=O)C2=C1c1ccc(Cl)cc1. The Kier molecular flexibility index (Phi) is 5.86. The molecule has 0 radical (unpaired) electrons. The molecule has 0 atom stereocenters. The van der Waals surface area contributed by atoms with Crippen molar-refractivity contribution in [3.63, 3.8) is 0 Å². The van der Waals surface area contributed by atoms with Crippen LogP contribution in [-0.2, 0) is 14.3 Å². The second kappa shape index (κ2) is 8.87. The van der Waals surface area contributed by atoms with Gasteiger partial charge in [0, 0.05) is 10.0 Å². The van der Waals surface area contributed by atoms with Gasteiger partial charge in [-0.3, -0.25) is 9.59 Å². The first kappa shape index (κ1) is 23.1. The highest BCUT2D eigenvalue weighted by Gasteiger charge is 2.53. The third-order valence-electron chi connectivity index (χ3n) is 6.18. The van der Waals surface area contributed by atoms with Crippen molar-refractivity contribution in [2.24, 2.45) is 0 Å². The fourth-order valence-corrected chi connectivity index (χ4v) is 4.88. The van der Waals surface area contributed by atoms with E-state index in [4.69, 9.17) is 27.9 Å². The molecule has 8 nitrogen and oxygen atoms in total. The zero-order chi connectivity index (χ0) is 24.9. The first-order chi connectivity index (χ1) is 16.8. The summed E-state index contributed by atoms with van der Waals surface area (Å²) in [4.78, 5) is 53.9. The lowest BCUT2D eigenvalue weighted by Gasteiger charge is -2.23. The number of rotatable bonds is 3. The van der Waals surface area contributed by atoms with Crippen LogP contribution < -0.4 is 0 Å². The molecule has 10 heteroatoms. The minimum absolute atomic E-state index is 0.0372. The molecule has 0 saturated heterocycles. The predicted octanol–water partition coefficient (Wildman–Crippen LogP) is 5.56. The van der Waals surface area contributed by atoms with Gasteiger partial charge in [-0.05, 0) is 61.1 Å². The summed E-state index contributed by atoms with van der Waals surface area (Å²) < 4.78 is 5.60. The maximum absolute atomic E-state index is 13.7. The van der Waals surface area contributed by atoms with Crippen molar-refractivity contribution in [1.29, 1.82) is 0 Å². The largest absolute Gasteiger partial charge is 0.464 e. The van der Waals surface area contributed by atoms with Crippen LogP contribution in [0.5, 0.6) is 0 Å². The van der Waals surface area contributed by atoms with E-state index >= 15 is 0 Å². The highest BCUT2D eigenvalue weighted by Crippen LogP contribution is 2.47. The van der Waals surface area contributed by atoms with Crippen molar-refractivity contribution in [2.45, 2.75) is 31.8 Å². The average molecular weight is 513 g/mol. The van der Waals surface area contributed by atoms with E-state index in [1.54, 1.807) is 24.3 Å². The molecule has 4 amide bonds. The summed E-state index contributed by atoms with van der Waals surface area (Å²) in [6.45, 7) is 0. The number of carboxylic acid groups (broad SMARTS) is 1. The zero-order valence-electron chi connectivity index (χ0n) is 18.2. The minimum atomic E-state index is -1.56. The predicted molar refractivity (Wildman–Crippen MR) is 127 cm³/mol. The summed E-state index contributed by atoms with van der Waals surface area (Å²) in [6.07, 6.45) is 0.396. The number of imide groups is 2. The van der Waals surface area contributed by atoms with Gasteiger partial charge in [0.1, 0.15) is 6.10 Å². The fourth-order valence-electron chi connectivity index (χ4n) is 4.62. The smallest absolute Gasteiger partial charge is 0.421 e. The Morgan fingerprint density at radius 2 is 1.20 bits per heavy atom. The number of nitrogens with zero attached hydrogens (tertiary/aromatic N) is 2. The number of hydrogen-bond donors (Lipinski definition) is 1. The summed E-state index contributed by atoms with van der Waals surface area (Å²) in [5.74, 6) is -1.78. The van der Waals surface area contributed by atoms with Crippen molar-refractivity contribution in [3.05, 3.63) is 80.8 Å². The molecule has 0 spiro atoms. The van der Waals surface area contributed by atoms with Crippen LogP contribution in [-0.4, -0.2) is 45.0 Å². The Morgan fingerprint density at radius 3 is 1.66 bits per heavy atom. The van der Waals surface area contributed by atoms with Crippen molar-refractivity contribution in [2.75, 3.05) is 0 Å². The molecule has 2 aliphatic heterocycles. The Morgan fingerprint density at radius 1 is 0.771 bits per heavy atom. The van der Waals surface area contributed by atoms with E-state index in [-0.39, 0.29) is 34.2 Å². The minimum Gasteiger partial charge on any atom is -0.464 e. The Balaban J connectivity index is 1.73. The standard InChI is InChI=1S/C25H18Cl2N2O6/c26-15-9-5-13(6-10-15)20-18-19(22(30)28(20)24(32)33)21(14-7-11-16(27)12-8-14)29(23(18)31)25(34)35-17-3-1-2-4-17/h5-12,17H,1-4H2,(H,32,33). The number of ether oxygens (including phenoxy) is 1. The van der Waals surface area contributed by atoms with Gasteiger partial charge in [0.05, 0.1) is 22.5 Å². The number of carbonyl (C=O) groups is 4. The van der Waals surface area contributed by atoms with Gasteiger partial charge in [0.2, 0.25) is 0 Å². The van der Waals surface area contributed by atoms with Crippen molar-refractivity contribution in [1.82, 2.24) is 9.80 Å². The van der Waals surface area contributed by atoms with E-state index in [2.05, 4.69) is 0 Å². The van der Waals surface area contributed by atoms with E-state index in [0.29, 0.717) is 33.4 Å². The molecule has 5 rings (SSSR count). The van der Waals surface area contributed by atoms with E-state index in [1.165, 1.54) is 24.3 Å². The zero-order valence-corrected chi connectivity index (χ0v) is 19.7. The Labute approximate surface area is 210 Å². The number of halogens is 2. The van der Waals surface area contributed by atoms with Crippen LogP contribution in [0.4, 0.5) is 9.59 Å². The van der Waals surface area contributed by atoms with Gasteiger partial charge in [-0.2, -0.15) is 0 Å². The third kappa shape index (κ3) is 3.88. The van der Waals surface area contributed by atoms with Gasteiger partial charge in [-0.15, -0.1) is 0 Å². The lowest BCUT2D eigenvalue weighted by Crippen LogP contribution is -2.37. The fraction of sp³-hybridized carbons (Fsp3) is 0.200. The van der Waals surface area contributed by atoms with E-state index in [0.717, 1.165) is 17.7 Å². The first-order valence-corrected chi connectivity index (χ1v) is 11.7. The highest BCUT2D eigenvalue weighted by atomic mass is 35.5. The quantitative estimate of drug-likeness (QED) is 0.577. The molecule has 2 aromatic rings. The molecule has 0 unspecified atom stereocenters. The van der Waals surface area contributed by atoms with E-state index in [1.807, 2.05) is 0 Å². The maximum Gasteiger partial charge on any atom is 0.421 e. The number of benzene rings is 2. The van der Waals surface area contributed by atoms with Crippen molar-refractivity contribution >= 4 is 58.6 Å². The van der Waals surface area contributed by atoms with Crippen LogP contribution >= 0.6 is 23.2 Å². The number of fused-ring (bicyclic) bond motifs is 1. The molecule has 1 aliphatic carbocycles. The molecule has 35 heavy (non-hydrogen) atoms. The summed E-state index contributed by atoms with van der Waals surface area (Å²) >= 11 is 12.0. The molecular weight excluding hydrogens is 495 g/mol. The molecule has 3 aliphatic rings. The van der Waals surface area contributed by atoms with E-state index in [9.17, 15) is 24.3 Å². The van der Waals surface area contributed by atoms with Crippen LogP contribution in [0.3, 0.4) is 0 Å². The summed E-state index contributed by atoms with van der Waals surface area (Å²) in [7, 11) is 0. The second-order valence-electron chi connectivity index (χ2n) is 8.31. The van der Waals surface area contributed by atoms with Crippen molar-refractivity contribution < 1.29 is 29.0 Å². The van der Waals surface area contributed by atoms with Crippen LogP contribution in [0.1, 0.15) is 36.8 Å². The van der Waals surface area contributed by atoms with Gasteiger partial charge in [-0.1, -0.05) is 47.5 Å². The molecule has 1 N–H and O–H groups in total. The molecule has 1 fully saturated rings. The summed E-state index contributed by atoms with van der Waals surface area (Å²) in [6, 6.07) is 12.2. The van der Waals surface area contributed by atoms with Crippen molar-refractivity contribution in [3.8, 4) is 0 Å². The topological polar surface area (TPSA) is 104 Å². The molecule has 2 aromatic carbocycles. The lowest BCUT2D eigenvalue weighted by molar-refractivity contribution is -0.123. The number of hydrogen-bond acceptors (Lipinski definition) is 5. The number of amides is 4. The summed E-state index contributed by atoms with van der Waals surface area (Å²) in [5, 5.41) is 10.7. The van der Waals surface area contributed by atoms with Crippen LogP contribution in [0.15, 0.2) is 59.7 Å². The summed E-state index contributed by atoms with van der Waals surface area (Å²) in [5.41, 5.74) is 0.0740. The Hall–Kier alpha value is -3.62. The first-order valence-electron chi connectivity index (χ1n) is 10.9. The van der Waals surface area contributed by atoms with Gasteiger partial charge >= 0.3 is 12.2 Å². The average Bonchev–Trinajstić information content (AvgIpc) is 3.51. The molecule has 0 bridgehead atoms.